The predicted molar refractivity (Wildman–Crippen MR) is 478 cm³/mol. The summed E-state index contributed by atoms with van der Waals surface area (Å²) in [6.45, 7) is 52.0. The molecule has 13 heterocycles. The Morgan fingerprint density at radius 1 is 0.365 bits per heavy atom. The van der Waals surface area contributed by atoms with Gasteiger partial charge < -0.3 is 94.3 Å². The summed E-state index contributed by atoms with van der Waals surface area (Å²) >= 11 is 5.70. The van der Waals surface area contributed by atoms with E-state index < -0.39 is 98.2 Å². The number of thioether (sulfide) groups is 4. The second-order valence-corrected chi connectivity index (χ2v) is 40.1. The molecule has 2 aliphatic carbocycles. The lowest BCUT2D eigenvalue weighted by Crippen LogP contribution is -2.42. The maximum absolute atomic E-state index is 12.2. The number of fused-ring (bicyclic) bond motifs is 4. The number of hydrogen-bond donors (Lipinski definition) is 10. The summed E-state index contributed by atoms with van der Waals surface area (Å²) in [5, 5.41) is 94.7. The van der Waals surface area contributed by atoms with Crippen LogP contribution in [-0.2, 0) is 57.1 Å². The number of aliphatic hydroxyl groups is 8. The first-order valence-corrected chi connectivity index (χ1v) is 47.0. The van der Waals surface area contributed by atoms with E-state index >= 15 is 0 Å². The minimum absolute atomic E-state index is 0.132. The number of hydrogen-bond acceptors (Lipinski definition) is 39. The maximum atomic E-state index is 12.2. The summed E-state index contributed by atoms with van der Waals surface area (Å²) in [5.74, 6) is 5.51. The Bertz CT molecular complexity index is 4640. The minimum atomic E-state index is -1.22. The molecule has 4 aromatic rings. The van der Waals surface area contributed by atoms with Gasteiger partial charge in [0.05, 0.1) is 69.1 Å². The monoisotopic (exact) mass is 1830 g/mol. The van der Waals surface area contributed by atoms with Gasteiger partial charge in [0.15, 0.2) is 48.2 Å². The molecule has 39 heteroatoms. The summed E-state index contributed by atoms with van der Waals surface area (Å²) in [7, 11) is 0. The van der Waals surface area contributed by atoms with Gasteiger partial charge in [-0.1, -0.05) is 183 Å². The van der Waals surface area contributed by atoms with Crippen LogP contribution < -0.4 is 35.1 Å². The zero-order chi connectivity index (χ0) is 91.8. The molecule has 11 aliphatic rings. The third-order valence-electron chi connectivity index (χ3n) is 24.7. The van der Waals surface area contributed by atoms with Gasteiger partial charge in [0, 0.05) is 25.2 Å². The van der Waals surface area contributed by atoms with E-state index in [1.807, 2.05) is 76.2 Å². The molecule has 0 radical (unpaired) electrons. The average Bonchev–Trinajstić information content (AvgIpc) is 1.61. The molecular weight excluding hydrogens is 1700 g/mol. The molecule has 0 bridgehead atoms. The van der Waals surface area contributed by atoms with Crippen LogP contribution in [-0.4, -0.2) is 254 Å². The summed E-state index contributed by atoms with van der Waals surface area (Å²) in [5.41, 5.74) is 0.910. The van der Waals surface area contributed by atoms with Gasteiger partial charge >= 0.3 is 23.9 Å². The van der Waals surface area contributed by atoms with Crippen LogP contribution >= 0.6 is 47.0 Å². The number of rotatable bonds is 26. The van der Waals surface area contributed by atoms with Crippen LogP contribution in [0.5, 0.6) is 0 Å². The van der Waals surface area contributed by atoms with Crippen LogP contribution in [0.1, 0.15) is 183 Å². The van der Waals surface area contributed by atoms with Crippen molar-refractivity contribution in [2.45, 2.75) is 312 Å². The van der Waals surface area contributed by atoms with Gasteiger partial charge in [0.25, 0.3) is 0 Å². The Balaban J connectivity index is 0.000000153. The van der Waals surface area contributed by atoms with Crippen molar-refractivity contribution in [3.8, 4) is 0 Å². The van der Waals surface area contributed by atoms with Gasteiger partial charge in [0.2, 0.25) is 0 Å². The number of carbonyl (C=O) groups is 4. The first-order valence-electron chi connectivity index (χ1n) is 43.7. The molecule has 694 valence electrons. The van der Waals surface area contributed by atoms with E-state index in [4.69, 9.17) is 37.9 Å². The number of carbonyl (C=O) groups excluding carboxylic acids is 4. The Morgan fingerprint density at radius 3 is 0.929 bits per heavy atom. The molecule has 9 aliphatic heterocycles. The van der Waals surface area contributed by atoms with Gasteiger partial charge in [-0.15, -0.1) is 0 Å². The molecule has 10 N–H and O–H groups in total. The lowest BCUT2D eigenvalue weighted by atomic mass is 9.99. The number of aliphatic hydroxyl groups excluding tert-OH is 8. The van der Waals surface area contributed by atoms with Crippen LogP contribution in [0.25, 0.3) is 0 Å². The van der Waals surface area contributed by atoms with Crippen molar-refractivity contribution in [1.82, 2.24) is 39.9 Å². The van der Waals surface area contributed by atoms with Crippen molar-refractivity contribution >= 4 is 112 Å². The fourth-order valence-electron chi connectivity index (χ4n) is 15.4. The molecule has 2 saturated carbocycles. The molecule has 0 aromatic carbocycles. The van der Waals surface area contributed by atoms with E-state index in [0.717, 1.165) is 94.3 Å². The highest BCUT2D eigenvalue weighted by Crippen LogP contribution is 2.55. The molecule has 0 spiro atoms. The third kappa shape index (κ3) is 21.5. The van der Waals surface area contributed by atoms with Crippen molar-refractivity contribution in [3.05, 3.63) is 75.4 Å². The lowest BCUT2D eigenvalue weighted by Gasteiger charge is -2.28. The van der Waals surface area contributed by atoms with Gasteiger partial charge in [-0.05, 0) is 95.8 Å². The van der Waals surface area contributed by atoms with Crippen molar-refractivity contribution in [3.63, 3.8) is 0 Å². The van der Waals surface area contributed by atoms with Crippen LogP contribution in [0.2, 0.25) is 0 Å². The number of nitrogens with zero attached hydrogens (tertiary/aromatic N) is 13. The zero-order valence-corrected chi connectivity index (χ0v) is 78.5. The Morgan fingerprint density at radius 2 is 0.627 bits per heavy atom. The number of ether oxygens (including phenoxy) is 8. The van der Waals surface area contributed by atoms with Gasteiger partial charge in [-0.3, -0.25) is 38.8 Å². The molecule has 35 nitrogen and oxygen atoms in total. The van der Waals surface area contributed by atoms with Crippen LogP contribution in [0.3, 0.4) is 0 Å². The first kappa shape index (κ1) is 97.7. The van der Waals surface area contributed by atoms with Crippen molar-refractivity contribution in [2.75, 3.05) is 74.7 Å². The maximum Gasteiger partial charge on any atom is 0.309 e. The van der Waals surface area contributed by atoms with E-state index in [0.29, 0.717) is 78.8 Å². The zero-order valence-electron chi connectivity index (χ0n) is 75.2. The van der Waals surface area contributed by atoms with Gasteiger partial charge in [-0.2, -0.15) is 0 Å². The molecule has 0 unspecified atom stereocenters. The SMILES string of the molecule is C=C1Sc2c(C(C)C)nc(C)nc2N1[C@@H]1O[C@H](COC(=O)[C@@H](C)C(C)C)[C@@H](O)[C@H]1O.C=C1Sc2c(N3CCCC3)nc(C)nc2N1[C@@H]1O[C@H](COC(=O)[C@@H](C)C(C)C)[C@@H](O)[C@H]1O.C=C1Sc2c(NC3CC3)nc(C)nc2N1[C@@H]1O[C@H](COC(=O)[C@@H](C)C(C)C)[C@@H](O)[C@H]1O.C=C1Sc2c(NC3CCCC3)nc(C)nc2N1[C@@H]1O[C@H](COC(=O)[C@@H](C)C(C)C)[C@@H](O)[C@H]1O. The topological polar surface area (TPSA) is 447 Å². The molecule has 4 aromatic heterocycles. The molecular formula is C87H127N15O20S4. The number of aromatic nitrogens is 8. The van der Waals surface area contributed by atoms with Crippen molar-refractivity contribution < 1.29 is 97.9 Å². The van der Waals surface area contributed by atoms with Crippen molar-refractivity contribution in [2.24, 2.45) is 47.3 Å². The Labute approximate surface area is 754 Å². The fourth-order valence-corrected chi connectivity index (χ4v) is 19.5. The lowest BCUT2D eigenvalue weighted by molar-refractivity contribution is -0.155. The highest BCUT2D eigenvalue weighted by molar-refractivity contribution is 8.04. The van der Waals surface area contributed by atoms with Crippen LogP contribution in [0, 0.1) is 75.0 Å². The predicted octanol–water partition coefficient (Wildman–Crippen LogP) is 9.45. The number of aryl methyl sites for hydroxylation is 4. The summed E-state index contributed by atoms with van der Waals surface area (Å²) < 4.78 is 45.3. The largest absolute Gasteiger partial charge is 0.463 e. The molecule has 15 rings (SSSR count). The summed E-state index contributed by atoms with van der Waals surface area (Å²) in [4.78, 5) is 98.0. The molecule has 7 fully saturated rings. The van der Waals surface area contributed by atoms with Crippen LogP contribution in [0.4, 0.5) is 40.7 Å². The smallest absolute Gasteiger partial charge is 0.309 e. The normalized spacial score (nSPS) is 28.2. The first-order chi connectivity index (χ1) is 59.5. The quantitative estimate of drug-likeness (QED) is 0.0206. The molecule has 5 saturated heterocycles. The highest BCUT2D eigenvalue weighted by atomic mass is 32.2. The second-order valence-electron chi connectivity index (χ2n) is 35.8. The summed E-state index contributed by atoms with van der Waals surface area (Å²) in [6, 6.07) is 0.803. The van der Waals surface area contributed by atoms with Crippen molar-refractivity contribution in [1.29, 1.82) is 0 Å². The minimum Gasteiger partial charge on any atom is -0.463 e. The van der Waals surface area contributed by atoms with Gasteiger partial charge in [0.1, 0.15) is 140 Å². The van der Waals surface area contributed by atoms with Gasteiger partial charge in [-0.25, -0.2) is 39.9 Å². The number of nitrogens with one attached hydrogen (secondary N) is 2. The molecule has 20 atom stereocenters. The number of esters is 4. The third-order valence-corrected chi connectivity index (χ3v) is 28.7. The second kappa shape index (κ2) is 41.4. The van der Waals surface area contributed by atoms with E-state index in [-0.39, 0.29) is 104 Å². The highest BCUT2D eigenvalue weighted by Gasteiger charge is 2.55. The fraction of sp³-hybridized carbons (Fsp3) is 0.678. The van der Waals surface area contributed by atoms with E-state index in [1.165, 1.54) is 59.9 Å². The molecule has 0 amide bonds. The standard InChI is InChI=1S/C23H34N4O5S.C22H32N4O5S.C21H30N4O5S.C21H31N3O5S/c1-11(2)12(3)23(30)31-10-16-17(28)18(29)22(32-16)27-14(5)33-19-20(24-13(4)25-21(19)27)26-15-8-6-7-9-15;1-11(2)12(3)22(29)30-10-15-16(27)17(28)21(31-15)26-14(5)32-18-19(25-8-6-7-9-25)23-13(4)24-20(18)26;1-9(2)10(3)21(28)29-8-14-15(26)16(27)20(30-14)25-12(5)31-17-18(24-13-6-7-13)22-11(4)23-19(17)25;1-9(2)11(5)21(27)28-8-14-16(25)17(26)20(29-14)24-13(7)30-18-15(10(3)4)22-12(6)23-19(18)24/h11-12,15-18,22,28-29H,5-10H2,1-4H3,(H,24,25,26);11-12,15-17,21,27-28H,5-10H2,1-4H3;9-10,13-16,20,26-27H,5-8H2,1-4H3,(H,22,23,24);9-11,14,16-17,20,25-26H,7-8H2,1-6H3/t12-,16+,17+,18+,22+;12-,15+,16+,17+,21+;10-,14+,15+,16+,20+;11-,14+,16+,17+,20+/m0000/s1. The Kier molecular flexibility index (Phi) is 32.1. The van der Waals surface area contributed by atoms with E-state index in [2.05, 4.69) is 95.6 Å². The Hall–Kier alpha value is -7.32. The average molecular weight is 1830 g/mol. The molecule has 126 heavy (non-hydrogen) atoms. The summed E-state index contributed by atoms with van der Waals surface area (Å²) in [6.07, 6.45) is -7.55. The van der Waals surface area contributed by atoms with Crippen LogP contribution in [0.15, 0.2) is 66.0 Å². The van der Waals surface area contributed by atoms with E-state index in [1.54, 1.807) is 54.2 Å². The number of anilines is 7. The van der Waals surface area contributed by atoms with E-state index in [9.17, 15) is 60.0 Å².